The van der Waals surface area contributed by atoms with E-state index in [-0.39, 0.29) is 0 Å². The maximum atomic E-state index is 12.1. The highest BCUT2D eigenvalue weighted by molar-refractivity contribution is 6.39. The number of aryl methyl sites for hydroxylation is 3. The molecule has 0 aliphatic carbocycles. The first kappa shape index (κ1) is 22.6. The predicted molar refractivity (Wildman–Crippen MR) is 126 cm³/mol. The van der Waals surface area contributed by atoms with E-state index in [0.717, 1.165) is 33.8 Å². The molecular weight excluding hydrogens is 435 g/mol. The summed E-state index contributed by atoms with van der Waals surface area (Å²) in [4.78, 5) is 24.2. The van der Waals surface area contributed by atoms with Crippen molar-refractivity contribution in [1.82, 2.24) is 9.99 Å². The number of amides is 2. The van der Waals surface area contributed by atoms with E-state index in [9.17, 15) is 9.59 Å². The molecule has 2 aromatic carbocycles. The minimum Gasteiger partial charge on any atom is -0.318 e. The molecule has 0 saturated carbocycles. The third-order valence-corrected chi connectivity index (χ3v) is 5.21. The molecule has 1 aromatic heterocycles. The highest BCUT2D eigenvalue weighted by atomic mass is 35.5. The number of hydrogen-bond acceptors (Lipinski definition) is 3. The Bertz CT molecular complexity index is 1180. The molecule has 0 aliphatic heterocycles. The van der Waals surface area contributed by atoms with Crippen molar-refractivity contribution in [3.8, 4) is 5.69 Å². The second-order valence-electron chi connectivity index (χ2n) is 7.29. The minimum absolute atomic E-state index is 0.522. The molecule has 0 radical (unpaired) electrons. The molecule has 2 amide bonds. The topological polar surface area (TPSA) is 75.5 Å². The Morgan fingerprint density at radius 3 is 2.26 bits per heavy atom. The number of hydrazone groups is 1. The van der Waals surface area contributed by atoms with Crippen molar-refractivity contribution < 1.29 is 9.59 Å². The Balaban J connectivity index is 1.71. The van der Waals surface area contributed by atoms with Crippen LogP contribution in [-0.2, 0) is 9.59 Å². The SMILES string of the molecule is Cc1cc(C)cc(NC(=O)C(=O)N/N=C\c2cc(C)n(-c3ccc(Cl)cc3Cl)c2C)c1. The van der Waals surface area contributed by atoms with Gasteiger partial charge in [0.15, 0.2) is 0 Å². The summed E-state index contributed by atoms with van der Waals surface area (Å²) in [6, 6.07) is 12.8. The lowest BCUT2D eigenvalue weighted by Gasteiger charge is -2.11. The smallest absolute Gasteiger partial charge is 0.318 e. The lowest BCUT2D eigenvalue weighted by atomic mass is 10.1. The van der Waals surface area contributed by atoms with Gasteiger partial charge in [-0.3, -0.25) is 9.59 Å². The summed E-state index contributed by atoms with van der Waals surface area (Å²) in [5.74, 6) is -1.65. The Morgan fingerprint density at radius 1 is 0.935 bits per heavy atom. The van der Waals surface area contributed by atoms with Crippen molar-refractivity contribution in [3.63, 3.8) is 0 Å². The standard InChI is InChI=1S/C23H22Cl2N4O2/c1-13-7-14(2)9-19(8-13)27-22(30)23(31)28-26-12-17-10-15(3)29(16(17)4)21-6-5-18(24)11-20(21)25/h5-12H,1-4H3,(H,27,30)(H,28,31)/b26-12-. The summed E-state index contributed by atoms with van der Waals surface area (Å²) in [6.07, 6.45) is 1.49. The van der Waals surface area contributed by atoms with Crippen LogP contribution in [0.1, 0.15) is 28.1 Å². The molecule has 0 fully saturated rings. The van der Waals surface area contributed by atoms with Gasteiger partial charge in [-0.15, -0.1) is 0 Å². The van der Waals surface area contributed by atoms with Crippen molar-refractivity contribution in [2.24, 2.45) is 5.10 Å². The van der Waals surface area contributed by atoms with Crippen molar-refractivity contribution in [1.29, 1.82) is 0 Å². The highest BCUT2D eigenvalue weighted by Gasteiger charge is 2.15. The third kappa shape index (κ3) is 5.34. The molecule has 0 unspecified atom stereocenters. The zero-order valence-electron chi connectivity index (χ0n) is 17.6. The molecule has 160 valence electrons. The second kappa shape index (κ2) is 9.37. The average Bonchev–Trinajstić information content (AvgIpc) is 2.94. The number of anilines is 1. The number of carbonyl (C=O) groups excluding carboxylic acids is 2. The number of halogens is 2. The number of rotatable bonds is 4. The van der Waals surface area contributed by atoms with Gasteiger partial charge in [0.1, 0.15) is 0 Å². The van der Waals surface area contributed by atoms with Crippen molar-refractivity contribution in [2.75, 3.05) is 5.32 Å². The molecule has 0 saturated heterocycles. The van der Waals surface area contributed by atoms with Crippen LogP contribution in [0.25, 0.3) is 5.69 Å². The van der Waals surface area contributed by atoms with E-state index < -0.39 is 11.8 Å². The van der Waals surface area contributed by atoms with E-state index >= 15 is 0 Å². The summed E-state index contributed by atoms with van der Waals surface area (Å²) in [6.45, 7) is 7.68. The van der Waals surface area contributed by atoms with Crippen LogP contribution in [0.15, 0.2) is 47.6 Å². The van der Waals surface area contributed by atoms with E-state index in [1.807, 2.05) is 50.5 Å². The van der Waals surface area contributed by atoms with E-state index in [1.54, 1.807) is 24.3 Å². The van der Waals surface area contributed by atoms with E-state index in [2.05, 4.69) is 15.8 Å². The van der Waals surface area contributed by atoms with Crippen molar-refractivity contribution in [3.05, 3.63) is 80.6 Å². The molecule has 3 rings (SSSR count). The lowest BCUT2D eigenvalue weighted by molar-refractivity contribution is -0.136. The van der Waals surface area contributed by atoms with Gasteiger partial charge in [-0.05, 0) is 75.2 Å². The van der Waals surface area contributed by atoms with Gasteiger partial charge in [0, 0.05) is 27.7 Å². The van der Waals surface area contributed by atoms with Gasteiger partial charge in [-0.2, -0.15) is 5.10 Å². The normalized spacial score (nSPS) is 11.0. The first-order chi connectivity index (χ1) is 14.7. The Labute approximate surface area is 190 Å². The molecule has 0 spiro atoms. The highest BCUT2D eigenvalue weighted by Crippen LogP contribution is 2.28. The largest absolute Gasteiger partial charge is 0.329 e. The Hall–Kier alpha value is -3.09. The average molecular weight is 457 g/mol. The van der Waals surface area contributed by atoms with Gasteiger partial charge < -0.3 is 9.88 Å². The summed E-state index contributed by atoms with van der Waals surface area (Å²) >= 11 is 12.3. The maximum Gasteiger partial charge on any atom is 0.329 e. The van der Waals surface area contributed by atoms with Gasteiger partial charge in [-0.1, -0.05) is 29.3 Å². The second-order valence-corrected chi connectivity index (χ2v) is 8.13. The lowest BCUT2D eigenvalue weighted by Crippen LogP contribution is -2.32. The zero-order chi connectivity index (χ0) is 22.7. The van der Waals surface area contributed by atoms with Gasteiger partial charge in [0.2, 0.25) is 0 Å². The zero-order valence-corrected chi connectivity index (χ0v) is 19.1. The number of nitrogens with one attached hydrogen (secondary N) is 2. The van der Waals surface area contributed by atoms with Crippen molar-refractivity contribution in [2.45, 2.75) is 27.7 Å². The Morgan fingerprint density at radius 2 is 1.61 bits per heavy atom. The molecule has 8 heteroatoms. The fourth-order valence-corrected chi connectivity index (χ4v) is 3.89. The van der Waals surface area contributed by atoms with Gasteiger partial charge in [0.05, 0.1) is 16.9 Å². The fraction of sp³-hybridized carbons (Fsp3) is 0.174. The molecule has 0 bridgehead atoms. The summed E-state index contributed by atoms with van der Waals surface area (Å²) in [5.41, 5.74) is 8.17. The predicted octanol–water partition coefficient (Wildman–Crippen LogP) is 5.11. The molecule has 1 heterocycles. The van der Waals surface area contributed by atoms with Crippen LogP contribution in [0.5, 0.6) is 0 Å². The number of carbonyl (C=O) groups is 2. The fourth-order valence-electron chi connectivity index (χ4n) is 3.40. The Kier molecular flexibility index (Phi) is 6.83. The molecule has 31 heavy (non-hydrogen) atoms. The van der Waals surface area contributed by atoms with Crippen LogP contribution in [0, 0.1) is 27.7 Å². The van der Waals surface area contributed by atoms with Crippen LogP contribution in [0.3, 0.4) is 0 Å². The number of aromatic nitrogens is 1. The first-order valence-electron chi connectivity index (χ1n) is 9.52. The van der Waals surface area contributed by atoms with Crippen LogP contribution < -0.4 is 10.7 Å². The molecule has 3 aromatic rings. The first-order valence-corrected chi connectivity index (χ1v) is 10.3. The summed E-state index contributed by atoms with van der Waals surface area (Å²) in [5, 5.41) is 7.58. The summed E-state index contributed by atoms with van der Waals surface area (Å²) in [7, 11) is 0. The molecule has 0 atom stereocenters. The molecule has 0 aliphatic rings. The molecule has 2 N–H and O–H groups in total. The monoisotopic (exact) mass is 456 g/mol. The van der Waals surface area contributed by atoms with Crippen molar-refractivity contribution >= 4 is 46.9 Å². The minimum atomic E-state index is -0.857. The van der Waals surface area contributed by atoms with E-state index in [1.165, 1.54) is 6.21 Å². The van der Waals surface area contributed by atoms with Gasteiger partial charge >= 0.3 is 11.8 Å². The number of hydrogen-bond donors (Lipinski definition) is 2. The summed E-state index contributed by atoms with van der Waals surface area (Å²) < 4.78 is 1.97. The number of benzene rings is 2. The van der Waals surface area contributed by atoms with Gasteiger partial charge in [0.25, 0.3) is 0 Å². The molecule has 6 nitrogen and oxygen atoms in total. The van der Waals surface area contributed by atoms with Crippen LogP contribution in [-0.4, -0.2) is 22.6 Å². The third-order valence-electron chi connectivity index (χ3n) is 4.68. The van der Waals surface area contributed by atoms with E-state index in [0.29, 0.717) is 15.7 Å². The maximum absolute atomic E-state index is 12.1. The van der Waals surface area contributed by atoms with E-state index in [4.69, 9.17) is 23.2 Å². The number of nitrogens with zero attached hydrogens (tertiary/aromatic N) is 2. The van der Waals surface area contributed by atoms with Crippen LogP contribution in [0.4, 0.5) is 5.69 Å². The van der Waals surface area contributed by atoms with Gasteiger partial charge in [-0.25, -0.2) is 5.43 Å². The quantitative estimate of drug-likeness (QED) is 0.325. The van der Waals surface area contributed by atoms with Crippen LogP contribution >= 0.6 is 23.2 Å². The van der Waals surface area contributed by atoms with Crippen LogP contribution in [0.2, 0.25) is 10.0 Å². The molecular formula is C23H22Cl2N4O2.